The number of benzene rings is 1. The molecule has 1 saturated heterocycles. The molecule has 2 aliphatic carbocycles. The molecule has 0 bridgehead atoms. The van der Waals surface area contributed by atoms with Gasteiger partial charge in [0.05, 0.1) is 18.8 Å². The van der Waals surface area contributed by atoms with Crippen molar-refractivity contribution in [3.05, 3.63) is 64.9 Å². The third kappa shape index (κ3) is 7.86. The molecule has 0 radical (unpaired) electrons. The molecule has 57 heavy (non-hydrogen) atoms. The normalized spacial score (nSPS) is 23.7. The van der Waals surface area contributed by atoms with Gasteiger partial charge in [-0.05, 0) is 105 Å². The first-order valence-corrected chi connectivity index (χ1v) is 20.4. The van der Waals surface area contributed by atoms with Gasteiger partial charge in [0.1, 0.15) is 6.10 Å². The number of hydrogen-bond donors (Lipinski definition) is 1. The van der Waals surface area contributed by atoms with Gasteiger partial charge in [-0.15, -0.1) is 0 Å². The van der Waals surface area contributed by atoms with Crippen LogP contribution < -0.4 is 9.64 Å². The summed E-state index contributed by atoms with van der Waals surface area (Å²) in [6.45, 7) is 7.31. The average molecular weight is 786 g/mol. The Balaban J connectivity index is 0.00000147. The maximum Gasteiger partial charge on any atom is 0.316 e. The number of likely N-dealkylation sites (tertiary alicyclic amines) is 1. The molecule has 1 amide bonds. The number of rotatable bonds is 7. The maximum absolute atomic E-state index is 14.7. The summed E-state index contributed by atoms with van der Waals surface area (Å²) in [5, 5.41) is 16.5. The zero-order valence-electron chi connectivity index (χ0n) is 33.1. The number of fused-ring (bicyclic) bond motifs is 2. The number of carbonyl (C=O) groups excluding carboxylic acids is 1. The van der Waals surface area contributed by atoms with Crippen molar-refractivity contribution < 1.29 is 28.2 Å². The lowest BCUT2D eigenvalue weighted by atomic mass is 9.58. The summed E-state index contributed by atoms with van der Waals surface area (Å²) < 4.78 is 39.4. The van der Waals surface area contributed by atoms with E-state index in [-0.39, 0.29) is 30.1 Å². The molecule has 13 nitrogen and oxygen atoms in total. The Morgan fingerprint density at radius 1 is 1.00 bits per heavy atom. The van der Waals surface area contributed by atoms with E-state index >= 15 is 0 Å². The molecule has 1 spiro atoms. The van der Waals surface area contributed by atoms with Gasteiger partial charge in [-0.25, -0.2) is 18.7 Å². The number of carboxylic acid groups (broad SMARTS) is 1. The third-order valence-electron chi connectivity index (χ3n) is 13.1. The van der Waals surface area contributed by atoms with Gasteiger partial charge < -0.3 is 24.5 Å². The molecule has 5 aliphatic rings. The van der Waals surface area contributed by atoms with Crippen LogP contribution in [-0.2, 0) is 36.0 Å². The molecule has 3 aliphatic heterocycles. The van der Waals surface area contributed by atoms with Crippen molar-refractivity contribution in [3.63, 3.8) is 0 Å². The van der Waals surface area contributed by atoms with Crippen LogP contribution in [0.2, 0.25) is 0 Å². The van der Waals surface area contributed by atoms with Crippen LogP contribution in [0.5, 0.6) is 6.01 Å². The second-order valence-corrected chi connectivity index (χ2v) is 16.7. The number of nitrogens with zero attached hydrogens (tertiary/aromatic N) is 9. The number of piperidine rings is 1. The fourth-order valence-electron chi connectivity index (χ4n) is 10.1. The fraction of sp³-hybridized carbons (Fsp3) is 0.571. The monoisotopic (exact) mass is 785 g/mol. The first kappa shape index (κ1) is 38.9. The Bertz CT molecular complexity index is 2060. The molecule has 0 unspecified atom stereocenters. The summed E-state index contributed by atoms with van der Waals surface area (Å²) >= 11 is 0. The second kappa shape index (κ2) is 16.1. The largest absolute Gasteiger partial charge is 0.483 e. The number of alkyl halides is 2. The van der Waals surface area contributed by atoms with Crippen LogP contribution in [-0.4, -0.2) is 95.1 Å². The summed E-state index contributed by atoms with van der Waals surface area (Å²) in [5.41, 5.74) is 6.80. The third-order valence-corrected chi connectivity index (χ3v) is 13.1. The molecule has 1 N–H and O–H groups in total. The summed E-state index contributed by atoms with van der Waals surface area (Å²) in [5.74, 6) is 0.871. The summed E-state index contributed by atoms with van der Waals surface area (Å²) in [7, 11) is 1.80. The number of amides is 1. The lowest BCUT2D eigenvalue weighted by Gasteiger charge is -2.52. The Labute approximate surface area is 332 Å². The van der Waals surface area contributed by atoms with Crippen LogP contribution in [0.25, 0.3) is 11.1 Å². The lowest BCUT2D eigenvalue weighted by molar-refractivity contribution is -0.129. The predicted octanol–water partition coefficient (Wildman–Crippen LogP) is 6.82. The van der Waals surface area contributed by atoms with Gasteiger partial charge >= 0.3 is 6.01 Å². The quantitative estimate of drug-likeness (QED) is 0.199. The van der Waals surface area contributed by atoms with E-state index in [1.54, 1.807) is 37.1 Å². The standard InChI is InChI=1S/C41H51F2N9O2.CH2O2/c1-26-21-44-40(45-22-26)54-32-19-41(20-32)11-6-30(7-12-41)49-14-8-31(9-15-49)52-36-10-16-50(27(2)53)25-35(36)39(47-52)51-13-4-5-28-17-33(29-23-46-48(3)24-29)34(38(42)43)18-37(28)51;2-1-3/h17-18,21-24,30-32,38H,4-16,19-20,25H2,1-3H3;1H,(H,2,3). The zero-order valence-corrected chi connectivity index (χ0v) is 33.1. The molecular weight excluding hydrogens is 733 g/mol. The highest BCUT2D eigenvalue weighted by Gasteiger charge is 2.48. The molecule has 1 aromatic carbocycles. The highest BCUT2D eigenvalue weighted by molar-refractivity contribution is 5.78. The van der Waals surface area contributed by atoms with E-state index in [0.717, 1.165) is 86.2 Å². The first-order chi connectivity index (χ1) is 27.5. The average Bonchev–Trinajstić information content (AvgIpc) is 3.81. The SMILES string of the molecule is CC(=O)N1CCc2c(c(N3CCCc4cc(-c5cnn(C)c5)c(C(F)F)cc43)nn2C2CCN(C3CCC4(CC3)CC(Oc3ncc(C)cn3)C4)CC2)C1.O=CO. The van der Waals surface area contributed by atoms with Gasteiger partial charge in [-0.2, -0.15) is 10.2 Å². The molecular formula is C42H53F2N9O4. The van der Waals surface area contributed by atoms with Crippen LogP contribution in [0.3, 0.4) is 0 Å². The van der Waals surface area contributed by atoms with E-state index < -0.39 is 6.43 Å². The molecule has 2 saturated carbocycles. The summed E-state index contributed by atoms with van der Waals surface area (Å²) in [4.78, 5) is 36.4. The predicted molar refractivity (Wildman–Crippen MR) is 210 cm³/mol. The van der Waals surface area contributed by atoms with E-state index in [1.165, 1.54) is 31.4 Å². The van der Waals surface area contributed by atoms with Crippen LogP contribution in [0.1, 0.15) is 105 Å². The van der Waals surface area contributed by atoms with E-state index in [2.05, 4.69) is 29.5 Å². The lowest BCUT2D eigenvalue weighted by Crippen LogP contribution is -2.50. The van der Waals surface area contributed by atoms with Gasteiger partial charge in [0, 0.05) is 99.3 Å². The minimum absolute atomic E-state index is 0.00984. The Kier molecular flexibility index (Phi) is 11.0. The Morgan fingerprint density at radius 2 is 1.72 bits per heavy atom. The molecule has 304 valence electrons. The molecule has 0 atom stereocenters. The highest BCUT2D eigenvalue weighted by Crippen LogP contribution is 2.53. The van der Waals surface area contributed by atoms with Crippen LogP contribution in [0.4, 0.5) is 20.3 Å². The molecule has 3 fully saturated rings. The number of anilines is 2. The van der Waals surface area contributed by atoms with Crippen molar-refractivity contribution in [3.8, 4) is 17.1 Å². The first-order valence-electron chi connectivity index (χ1n) is 20.4. The van der Waals surface area contributed by atoms with Gasteiger partial charge in [0.25, 0.3) is 12.9 Å². The number of hydrogen-bond acceptors (Lipinski definition) is 9. The maximum atomic E-state index is 14.7. The van der Waals surface area contributed by atoms with E-state index in [9.17, 15) is 13.6 Å². The van der Waals surface area contributed by atoms with Gasteiger partial charge in [0.2, 0.25) is 5.91 Å². The van der Waals surface area contributed by atoms with Crippen molar-refractivity contribution in [2.75, 3.05) is 31.1 Å². The van der Waals surface area contributed by atoms with Gasteiger partial charge in [-0.3, -0.25) is 19.0 Å². The van der Waals surface area contributed by atoms with Crippen molar-refractivity contribution in [2.45, 2.75) is 116 Å². The van der Waals surface area contributed by atoms with Crippen molar-refractivity contribution >= 4 is 23.9 Å². The summed E-state index contributed by atoms with van der Waals surface area (Å²) in [6, 6.07) is 5.00. The second-order valence-electron chi connectivity index (χ2n) is 16.7. The van der Waals surface area contributed by atoms with E-state index in [1.807, 2.05) is 30.3 Å². The van der Waals surface area contributed by atoms with Crippen molar-refractivity contribution in [1.29, 1.82) is 0 Å². The fourth-order valence-corrected chi connectivity index (χ4v) is 10.1. The number of aromatic nitrogens is 6. The highest BCUT2D eigenvalue weighted by atomic mass is 19.3. The minimum Gasteiger partial charge on any atom is -0.483 e. The molecule has 3 aromatic heterocycles. The Hall–Kier alpha value is -4.92. The van der Waals surface area contributed by atoms with Crippen molar-refractivity contribution in [1.82, 2.24) is 39.3 Å². The Morgan fingerprint density at radius 3 is 2.37 bits per heavy atom. The summed E-state index contributed by atoms with van der Waals surface area (Å²) in [6.07, 6.45) is 16.3. The number of ether oxygens (including phenoxy) is 1. The van der Waals surface area contributed by atoms with Crippen LogP contribution >= 0.6 is 0 Å². The molecule has 15 heteroatoms. The number of aryl methyl sites for hydroxylation is 3. The van der Waals surface area contributed by atoms with Crippen molar-refractivity contribution in [2.24, 2.45) is 12.5 Å². The molecule has 9 rings (SSSR count). The molecule has 4 aromatic rings. The topological polar surface area (TPSA) is 135 Å². The van der Waals surface area contributed by atoms with Gasteiger partial charge in [-0.1, -0.05) is 0 Å². The zero-order chi connectivity index (χ0) is 39.8. The number of carbonyl (C=O) groups is 2. The van der Waals surface area contributed by atoms with E-state index in [0.29, 0.717) is 48.2 Å². The smallest absolute Gasteiger partial charge is 0.316 e. The minimum atomic E-state index is -2.63. The van der Waals surface area contributed by atoms with Crippen LogP contribution in [0.15, 0.2) is 36.9 Å². The van der Waals surface area contributed by atoms with Crippen LogP contribution in [0, 0.1) is 12.3 Å². The van der Waals surface area contributed by atoms with Gasteiger partial charge in [0.15, 0.2) is 5.82 Å². The van der Waals surface area contributed by atoms with E-state index in [4.69, 9.17) is 19.7 Å². The number of halogens is 2. The molecule has 6 heterocycles.